The second kappa shape index (κ2) is 5.29. The second-order valence-corrected chi connectivity index (χ2v) is 5.72. The number of nitrogens with zero attached hydrogens (tertiary/aromatic N) is 2. The highest BCUT2D eigenvalue weighted by Crippen LogP contribution is 2.27. The molecule has 102 valence electrons. The van der Waals surface area contributed by atoms with Gasteiger partial charge in [0.15, 0.2) is 11.6 Å². The fourth-order valence-electron chi connectivity index (χ4n) is 2.13. The molecule has 0 aliphatic carbocycles. The molecule has 1 heterocycles. The Morgan fingerprint density at radius 1 is 1.20 bits per heavy atom. The highest BCUT2D eigenvalue weighted by Gasteiger charge is 2.18. The van der Waals surface area contributed by atoms with Crippen molar-refractivity contribution >= 4 is 45.2 Å². The molecule has 2 aromatic carbocycles. The zero-order valence-corrected chi connectivity index (χ0v) is 13.0. The van der Waals surface area contributed by atoms with Crippen LogP contribution in [0, 0.1) is 15.2 Å². The van der Waals surface area contributed by atoms with Crippen LogP contribution in [0.2, 0.25) is 0 Å². The third-order valence-electron chi connectivity index (χ3n) is 2.96. The van der Waals surface area contributed by atoms with Crippen molar-refractivity contribution in [1.29, 1.82) is 0 Å². The van der Waals surface area contributed by atoms with Crippen molar-refractivity contribution in [3.05, 3.63) is 57.4 Å². The summed E-state index contributed by atoms with van der Waals surface area (Å²) in [6.45, 7) is 0. The Balaban J connectivity index is 2.41. The van der Waals surface area contributed by atoms with E-state index in [2.05, 4.69) is 27.6 Å². The lowest BCUT2D eigenvalue weighted by atomic mass is 10.2. The molecule has 0 unspecified atom stereocenters. The van der Waals surface area contributed by atoms with Gasteiger partial charge in [0.1, 0.15) is 11.3 Å². The summed E-state index contributed by atoms with van der Waals surface area (Å²) in [6.07, 6.45) is 0. The summed E-state index contributed by atoms with van der Waals surface area (Å²) < 4.78 is 30.1. The quantitative estimate of drug-likeness (QED) is 0.449. The minimum atomic E-state index is -0.912. The van der Waals surface area contributed by atoms with Crippen molar-refractivity contribution in [3.8, 4) is 5.69 Å². The second-order valence-electron chi connectivity index (χ2n) is 4.21. The van der Waals surface area contributed by atoms with E-state index in [4.69, 9.17) is 11.6 Å². The average molecular weight is 405 g/mol. The maximum atomic E-state index is 14.1. The van der Waals surface area contributed by atoms with Crippen molar-refractivity contribution in [2.75, 3.05) is 0 Å². The molecule has 0 radical (unpaired) electrons. The SMILES string of the molecule is Fc1ccc2nc(CCl)n(-c3cccc(I)c3)c2c1F. The smallest absolute Gasteiger partial charge is 0.185 e. The third kappa shape index (κ3) is 2.18. The Morgan fingerprint density at radius 3 is 2.70 bits per heavy atom. The Hall–Kier alpha value is -1.21. The van der Waals surface area contributed by atoms with Gasteiger partial charge in [-0.2, -0.15) is 0 Å². The molecular formula is C14H8ClF2IN2. The third-order valence-corrected chi connectivity index (χ3v) is 3.87. The van der Waals surface area contributed by atoms with Crippen LogP contribution in [0.5, 0.6) is 0 Å². The van der Waals surface area contributed by atoms with Gasteiger partial charge in [-0.1, -0.05) is 6.07 Å². The van der Waals surface area contributed by atoms with Gasteiger partial charge in [-0.25, -0.2) is 13.8 Å². The summed E-state index contributed by atoms with van der Waals surface area (Å²) in [5, 5.41) is 0. The van der Waals surface area contributed by atoms with Crippen LogP contribution in [0.4, 0.5) is 8.78 Å². The molecule has 0 amide bonds. The Labute approximate surface area is 132 Å². The zero-order chi connectivity index (χ0) is 14.3. The highest BCUT2D eigenvalue weighted by atomic mass is 127. The molecule has 1 aromatic heterocycles. The Kier molecular flexibility index (Phi) is 3.64. The maximum absolute atomic E-state index is 14.1. The van der Waals surface area contributed by atoms with E-state index in [-0.39, 0.29) is 11.4 Å². The normalized spacial score (nSPS) is 11.2. The van der Waals surface area contributed by atoms with E-state index in [9.17, 15) is 8.78 Å². The van der Waals surface area contributed by atoms with Gasteiger partial charge >= 0.3 is 0 Å². The van der Waals surface area contributed by atoms with Gasteiger partial charge in [-0.3, -0.25) is 4.57 Å². The van der Waals surface area contributed by atoms with Gasteiger partial charge in [0.2, 0.25) is 0 Å². The molecule has 20 heavy (non-hydrogen) atoms. The molecule has 0 fully saturated rings. The van der Waals surface area contributed by atoms with Crippen LogP contribution in [-0.4, -0.2) is 9.55 Å². The first-order chi connectivity index (χ1) is 9.61. The van der Waals surface area contributed by atoms with Crippen molar-refractivity contribution in [2.45, 2.75) is 5.88 Å². The van der Waals surface area contributed by atoms with E-state index in [1.54, 1.807) is 4.57 Å². The fourth-order valence-corrected chi connectivity index (χ4v) is 2.84. The predicted octanol–water partition coefficient (Wildman–Crippen LogP) is 4.65. The molecule has 6 heteroatoms. The molecule has 2 nitrogen and oxygen atoms in total. The number of rotatable bonds is 2. The van der Waals surface area contributed by atoms with E-state index in [1.165, 1.54) is 6.07 Å². The van der Waals surface area contributed by atoms with E-state index in [1.807, 2.05) is 24.3 Å². The first kappa shape index (κ1) is 13.8. The van der Waals surface area contributed by atoms with Gasteiger partial charge in [-0.15, -0.1) is 11.6 Å². The van der Waals surface area contributed by atoms with Crippen molar-refractivity contribution in [2.24, 2.45) is 0 Å². The number of alkyl halides is 1. The molecular weight excluding hydrogens is 397 g/mol. The number of hydrogen-bond donors (Lipinski definition) is 0. The lowest BCUT2D eigenvalue weighted by Gasteiger charge is -2.09. The van der Waals surface area contributed by atoms with Crippen LogP contribution < -0.4 is 0 Å². The van der Waals surface area contributed by atoms with E-state index in [0.29, 0.717) is 17.0 Å². The molecule has 0 bridgehead atoms. The largest absolute Gasteiger partial charge is 0.292 e. The standard InChI is InChI=1S/C14H8ClF2IN2/c15-7-12-19-11-5-4-10(16)13(17)14(11)20(12)9-3-1-2-8(18)6-9/h1-6H,7H2. The van der Waals surface area contributed by atoms with Gasteiger partial charge in [0.05, 0.1) is 11.4 Å². The molecule has 0 atom stereocenters. The van der Waals surface area contributed by atoms with E-state index >= 15 is 0 Å². The average Bonchev–Trinajstić information content (AvgIpc) is 2.82. The van der Waals surface area contributed by atoms with Crippen molar-refractivity contribution < 1.29 is 8.78 Å². The monoisotopic (exact) mass is 404 g/mol. The lowest BCUT2D eigenvalue weighted by molar-refractivity contribution is 0.514. The van der Waals surface area contributed by atoms with Crippen LogP contribution in [0.1, 0.15) is 5.82 Å². The van der Waals surface area contributed by atoms with Crippen LogP contribution in [0.25, 0.3) is 16.7 Å². The fraction of sp³-hybridized carbons (Fsp3) is 0.0714. The minimum absolute atomic E-state index is 0.112. The molecule has 0 spiro atoms. The molecule has 0 N–H and O–H groups in total. The summed E-state index contributed by atoms with van der Waals surface area (Å²) >= 11 is 8.04. The lowest BCUT2D eigenvalue weighted by Crippen LogP contribution is -2.01. The van der Waals surface area contributed by atoms with Gasteiger partial charge in [0, 0.05) is 9.26 Å². The van der Waals surface area contributed by atoms with Gasteiger partial charge < -0.3 is 0 Å². The summed E-state index contributed by atoms with van der Waals surface area (Å²) in [5.74, 6) is -1.22. The van der Waals surface area contributed by atoms with E-state index < -0.39 is 11.6 Å². The van der Waals surface area contributed by atoms with Gasteiger partial charge in [0.25, 0.3) is 0 Å². The van der Waals surface area contributed by atoms with Crippen LogP contribution in [0.15, 0.2) is 36.4 Å². The zero-order valence-electron chi connectivity index (χ0n) is 10.1. The number of fused-ring (bicyclic) bond motifs is 1. The maximum Gasteiger partial charge on any atom is 0.185 e. The number of halogens is 4. The number of aromatic nitrogens is 2. The summed E-state index contributed by atoms with van der Waals surface area (Å²) in [5.41, 5.74) is 1.21. The van der Waals surface area contributed by atoms with Crippen molar-refractivity contribution in [1.82, 2.24) is 9.55 Å². The Morgan fingerprint density at radius 2 is 2.00 bits per heavy atom. The van der Waals surface area contributed by atoms with Gasteiger partial charge in [-0.05, 0) is 52.9 Å². The number of imidazole rings is 1. The first-order valence-electron chi connectivity index (χ1n) is 5.79. The van der Waals surface area contributed by atoms with Crippen LogP contribution in [0.3, 0.4) is 0 Å². The number of hydrogen-bond acceptors (Lipinski definition) is 1. The molecule has 0 saturated carbocycles. The van der Waals surface area contributed by atoms with Crippen LogP contribution in [-0.2, 0) is 5.88 Å². The summed E-state index contributed by atoms with van der Waals surface area (Å²) in [4.78, 5) is 4.26. The molecule has 3 aromatic rings. The number of benzene rings is 2. The first-order valence-corrected chi connectivity index (χ1v) is 7.40. The van der Waals surface area contributed by atoms with E-state index in [0.717, 1.165) is 9.64 Å². The minimum Gasteiger partial charge on any atom is -0.292 e. The predicted molar refractivity (Wildman–Crippen MR) is 83.3 cm³/mol. The summed E-state index contributed by atoms with van der Waals surface area (Å²) in [6, 6.07) is 9.96. The highest BCUT2D eigenvalue weighted by molar-refractivity contribution is 14.1. The topological polar surface area (TPSA) is 17.8 Å². The molecule has 0 aliphatic rings. The molecule has 3 rings (SSSR count). The molecule has 0 saturated heterocycles. The molecule has 0 aliphatic heterocycles. The Bertz CT molecular complexity index is 801. The van der Waals surface area contributed by atoms with Crippen LogP contribution >= 0.6 is 34.2 Å². The van der Waals surface area contributed by atoms with Crippen molar-refractivity contribution in [3.63, 3.8) is 0 Å². The summed E-state index contributed by atoms with van der Waals surface area (Å²) in [7, 11) is 0.